The predicted octanol–water partition coefficient (Wildman–Crippen LogP) is 2.84. The van der Waals surface area contributed by atoms with Crippen LogP contribution in [0.25, 0.3) is 0 Å². The monoisotopic (exact) mass is 267 g/mol. The number of alkyl halides is 9. The first kappa shape index (κ1) is 14.4. The molecule has 0 bridgehead atoms. The molecular formula is C4F9OS+. The van der Waals surface area contributed by atoms with Gasteiger partial charge in [0.15, 0.2) is 0 Å². The van der Waals surface area contributed by atoms with E-state index >= 15 is 0 Å². The summed E-state index contributed by atoms with van der Waals surface area (Å²) in [6.45, 7) is 0. The van der Waals surface area contributed by atoms with Crippen LogP contribution < -0.4 is 0 Å². The van der Waals surface area contributed by atoms with Gasteiger partial charge in [-0.2, -0.15) is 30.7 Å². The van der Waals surface area contributed by atoms with E-state index < -0.39 is 34.9 Å². The summed E-state index contributed by atoms with van der Waals surface area (Å²) in [5.74, 6) is -13.8. The largest absolute Gasteiger partial charge is 0.600 e. The number of rotatable bonds is 3. The Kier molecular flexibility index (Phi) is 3.31. The molecule has 0 aromatic carbocycles. The minimum absolute atomic E-state index is 2.34. The van der Waals surface area contributed by atoms with E-state index in [-0.39, 0.29) is 0 Å². The molecular weight excluding hydrogens is 267 g/mol. The second kappa shape index (κ2) is 3.46. The summed E-state index contributed by atoms with van der Waals surface area (Å²) in [6.07, 6.45) is -6.88. The summed E-state index contributed by atoms with van der Waals surface area (Å²) in [4.78, 5) is 0. The van der Waals surface area contributed by atoms with E-state index in [0.717, 1.165) is 0 Å². The van der Waals surface area contributed by atoms with Crippen molar-refractivity contribution in [2.24, 2.45) is 0 Å². The highest BCUT2D eigenvalue weighted by Gasteiger charge is 2.88. The van der Waals surface area contributed by atoms with E-state index in [9.17, 15) is 43.7 Å². The molecule has 90 valence electrons. The highest BCUT2D eigenvalue weighted by molar-refractivity contribution is 7.66. The Bertz CT molecular complexity index is 255. The Morgan fingerprint density at radius 1 is 0.667 bits per heavy atom. The third-order valence-corrected chi connectivity index (χ3v) is 1.69. The lowest BCUT2D eigenvalue weighted by molar-refractivity contribution is -0.381. The van der Waals surface area contributed by atoms with Gasteiger partial charge in [0, 0.05) is 4.21 Å². The molecule has 0 fully saturated rings. The zero-order valence-corrected chi connectivity index (χ0v) is 7.03. The maximum atomic E-state index is 12.0. The summed E-state index contributed by atoms with van der Waals surface area (Å²) in [6, 6.07) is 0. The topological polar surface area (TPSA) is 17.1 Å². The van der Waals surface area contributed by atoms with Crippen molar-refractivity contribution in [2.45, 2.75) is 23.3 Å². The molecule has 0 radical (unpaired) electrons. The van der Waals surface area contributed by atoms with Crippen molar-refractivity contribution in [3.05, 3.63) is 0 Å². The first-order valence-corrected chi connectivity index (χ1v) is 3.56. The fraction of sp³-hybridized carbons (Fsp3) is 1.00. The molecule has 0 unspecified atom stereocenters. The maximum absolute atomic E-state index is 12.0. The third-order valence-electron chi connectivity index (χ3n) is 1.22. The fourth-order valence-corrected chi connectivity index (χ4v) is 0.646. The fourth-order valence-electron chi connectivity index (χ4n) is 0.413. The van der Waals surface area contributed by atoms with Crippen LogP contribution >= 0.6 is 0 Å². The maximum Gasteiger partial charge on any atom is 0.600 e. The zero-order chi connectivity index (χ0) is 12.7. The molecule has 0 aliphatic heterocycles. The van der Waals surface area contributed by atoms with E-state index in [0.29, 0.717) is 0 Å². The Hall–Kier alpha value is -0.610. The molecule has 0 aromatic rings. The molecule has 0 aromatic heterocycles. The second-order valence-electron chi connectivity index (χ2n) is 2.25. The van der Waals surface area contributed by atoms with Crippen LogP contribution in [-0.4, -0.2) is 23.3 Å². The molecule has 0 spiro atoms. The first-order chi connectivity index (χ1) is 6.31. The van der Waals surface area contributed by atoms with Gasteiger partial charge in [-0.3, -0.25) is 0 Å². The normalized spacial score (nSPS) is 15.3. The van der Waals surface area contributed by atoms with Crippen LogP contribution in [-0.2, 0) is 15.9 Å². The van der Waals surface area contributed by atoms with Crippen molar-refractivity contribution >= 4 is 11.7 Å². The molecule has 0 rings (SSSR count). The van der Waals surface area contributed by atoms with Gasteiger partial charge in [-0.15, -0.1) is 8.78 Å². The van der Waals surface area contributed by atoms with Gasteiger partial charge < -0.3 is 0 Å². The van der Waals surface area contributed by atoms with Crippen molar-refractivity contribution in [2.75, 3.05) is 0 Å². The first-order valence-electron chi connectivity index (χ1n) is 2.82. The Labute approximate surface area is 79.7 Å². The molecule has 0 amide bonds. The van der Waals surface area contributed by atoms with E-state index in [1.807, 2.05) is 0 Å². The van der Waals surface area contributed by atoms with Gasteiger partial charge >= 0.3 is 34.9 Å². The van der Waals surface area contributed by atoms with E-state index in [1.54, 1.807) is 0 Å². The zero-order valence-electron chi connectivity index (χ0n) is 6.22. The van der Waals surface area contributed by atoms with Crippen molar-refractivity contribution in [1.29, 1.82) is 0 Å². The Morgan fingerprint density at radius 3 is 1.20 bits per heavy atom. The molecule has 15 heavy (non-hydrogen) atoms. The minimum atomic E-state index is -6.99. The molecule has 0 aliphatic carbocycles. The van der Waals surface area contributed by atoms with Crippen LogP contribution in [0.15, 0.2) is 0 Å². The summed E-state index contributed by atoms with van der Waals surface area (Å²) in [7, 11) is 0. The SMILES string of the molecule is O=[S+]C(F)(F)C(F)(F)C(F)(F)C(F)(F)F. The number of hydrogen-bond donors (Lipinski definition) is 0. The van der Waals surface area contributed by atoms with Crippen LogP contribution in [0.2, 0.25) is 0 Å². The second-order valence-corrected chi connectivity index (χ2v) is 2.93. The average molecular weight is 267 g/mol. The lowest BCUT2D eigenvalue weighted by atomic mass is 10.1. The van der Waals surface area contributed by atoms with Crippen molar-refractivity contribution in [1.82, 2.24) is 0 Å². The average Bonchev–Trinajstić information content (AvgIpc) is 2.01. The molecule has 0 aliphatic rings. The molecule has 1 nitrogen and oxygen atoms in total. The van der Waals surface area contributed by atoms with E-state index in [1.165, 1.54) is 0 Å². The minimum Gasteiger partial charge on any atom is -0.189 e. The van der Waals surface area contributed by atoms with Gasteiger partial charge in [-0.05, 0) is 0 Å². The molecule has 0 atom stereocenters. The smallest absolute Gasteiger partial charge is 0.189 e. The number of hydrogen-bond acceptors (Lipinski definition) is 1. The lowest BCUT2D eigenvalue weighted by Gasteiger charge is -2.25. The summed E-state index contributed by atoms with van der Waals surface area (Å²) in [5.41, 5.74) is 0. The van der Waals surface area contributed by atoms with Gasteiger partial charge in [-0.1, -0.05) is 0 Å². The predicted molar refractivity (Wildman–Crippen MR) is 28.9 cm³/mol. The number of halogens is 9. The van der Waals surface area contributed by atoms with E-state index in [2.05, 4.69) is 0 Å². The molecule has 0 N–H and O–H groups in total. The van der Waals surface area contributed by atoms with Gasteiger partial charge in [0.25, 0.3) is 0 Å². The highest BCUT2D eigenvalue weighted by Crippen LogP contribution is 2.52. The van der Waals surface area contributed by atoms with Gasteiger partial charge in [0.2, 0.25) is 0 Å². The van der Waals surface area contributed by atoms with Crippen LogP contribution in [0.3, 0.4) is 0 Å². The van der Waals surface area contributed by atoms with Gasteiger partial charge in [0.05, 0.1) is 0 Å². The van der Waals surface area contributed by atoms with Crippen molar-refractivity contribution in [3.63, 3.8) is 0 Å². The summed E-state index contributed by atoms with van der Waals surface area (Å²) in [5, 5.41) is -6.06. The van der Waals surface area contributed by atoms with Crippen LogP contribution in [0, 0.1) is 0 Å². The molecule has 11 heteroatoms. The quantitative estimate of drug-likeness (QED) is 0.567. The lowest BCUT2D eigenvalue weighted by Crippen LogP contribution is -2.60. The van der Waals surface area contributed by atoms with Crippen molar-refractivity contribution in [3.8, 4) is 0 Å². The Balaban J connectivity index is 5.47. The molecule has 0 heterocycles. The highest BCUT2D eigenvalue weighted by atomic mass is 32.1. The Morgan fingerprint density at radius 2 is 1.00 bits per heavy atom. The van der Waals surface area contributed by atoms with E-state index in [4.69, 9.17) is 0 Å². The van der Waals surface area contributed by atoms with Gasteiger partial charge in [-0.25, -0.2) is 0 Å². The van der Waals surface area contributed by atoms with Crippen LogP contribution in [0.1, 0.15) is 0 Å². The van der Waals surface area contributed by atoms with Gasteiger partial charge in [0.1, 0.15) is 0 Å². The summed E-state index contributed by atoms with van der Waals surface area (Å²) >= 11 is -2.34. The molecule has 0 saturated carbocycles. The standard InChI is InChI=1S/C4F9OS/c5-1(6,3(9,10)11)2(7,8)4(12,13)15-14/q+1. The molecule has 0 saturated heterocycles. The summed E-state index contributed by atoms with van der Waals surface area (Å²) < 4.78 is 115. The van der Waals surface area contributed by atoms with Crippen LogP contribution in [0.4, 0.5) is 39.5 Å². The van der Waals surface area contributed by atoms with Crippen molar-refractivity contribution < 1.29 is 43.7 Å². The van der Waals surface area contributed by atoms with Crippen LogP contribution in [0.5, 0.6) is 0 Å². The third kappa shape index (κ3) is 2.01.